The largest absolute Gasteiger partial charge is 0.349 e. The molecular formula is C11H12N2O2. The minimum Gasteiger partial charge on any atom is -0.349 e. The molecule has 0 saturated carbocycles. The molecule has 0 unspecified atom stereocenters. The highest BCUT2D eigenvalue weighted by Crippen LogP contribution is 2.12. The summed E-state index contributed by atoms with van der Waals surface area (Å²) in [6.45, 7) is 0. The molecule has 0 saturated heterocycles. The number of rotatable bonds is 3. The molecule has 0 spiro atoms. The summed E-state index contributed by atoms with van der Waals surface area (Å²) >= 11 is 0. The van der Waals surface area contributed by atoms with E-state index in [1.54, 1.807) is 38.4 Å². The Morgan fingerprint density at radius 3 is 2.40 bits per heavy atom. The maximum atomic E-state index is 11.4. The molecule has 1 aromatic carbocycles. The van der Waals surface area contributed by atoms with E-state index in [9.17, 15) is 9.59 Å². The number of hydrogen-bond donors (Lipinski definition) is 0. The number of likely N-dealkylation sites (N-methyl/N-ethyl adjacent to an activating group) is 1. The molecule has 0 radical (unpaired) electrons. The molecule has 1 aromatic rings. The van der Waals surface area contributed by atoms with Crippen LogP contribution in [0.15, 0.2) is 29.3 Å². The normalized spacial score (nSPS) is 9.20. The molecule has 0 bridgehead atoms. The van der Waals surface area contributed by atoms with Crippen molar-refractivity contribution in [3.8, 4) is 0 Å². The van der Waals surface area contributed by atoms with Crippen LogP contribution in [0, 0.1) is 0 Å². The van der Waals surface area contributed by atoms with Crippen molar-refractivity contribution < 1.29 is 9.59 Å². The average Bonchev–Trinajstić information content (AvgIpc) is 2.21. The van der Waals surface area contributed by atoms with Crippen LogP contribution in [-0.4, -0.2) is 31.0 Å². The predicted octanol–water partition coefficient (Wildman–Crippen LogP) is 1.28. The lowest BCUT2D eigenvalue weighted by molar-refractivity contribution is -0.127. The van der Waals surface area contributed by atoms with Crippen LogP contribution in [0.1, 0.15) is 5.56 Å². The summed E-state index contributed by atoms with van der Waals surface area (Å²) in [4.78, 5) is 26.3. The molecule has 0 fully saturated rings. The van der Waals surface area contributed by atoms with Gasteiger partial charge in [-0.05, 0) is 17.7 Å². The van der Waals surface area contributed by atoms with Gasteiger partial charge >= 0.3 is 0 Å². The minimum absolute atomic E-state index is 0.0432. The molecule has 0 heterocycles. The van der Waals surface area contributed by atoms with Crippen molar-refractivity contribution >= 4 is 17.7 Å². The van der Waals surface area contributed by atoms with Crippen LogP contribution in [-0.2, 0) is 16.0 Å². The van der Waals surface area contributed by atoms with Crippen LogP contribution in [0.2, 0.25) is 0 Å². The summed E-state index contributed by atoms with van der Waals surface area (Å²) < 4.78 is 0. The van der Waals surface area contributed by atoms with Crippen molar-refractivity contribution in [3.05, 3.63) is 29.8 Å². The van der Waals surface area contributed by atoms with Gasteiger partial charge in [0.1, 0.15) is 0 Å². The molecular weight excluding hydrogens is 192 g/mol. The Bertz CT molecular complexity index is 390. The van der Waals surface area contributed by atoms with Gasteiger partial charge in [0.2, 0.25) is 12.0 Å². The van der Waals surface area contributed by atoms with Crippen molar-refractivity contribution in [1.82, 2.24) is 4.90 Å². The summed E-state index contributed by atoms with van der Waals surface area (Å²) in [5, 5.41) is 0. The van der Waals surface area contributed by atoms with E-state index in [0.29, 0.717) is 12.1 Å². The monoisotopic (exact) mass is 204 g/mol. The predicted molar refractivity (Wildman–Crippen MR) is 56.6 cm³/mol. The Balaban J connectivity index is 2.72. The second-order valence-corrected chi connectivity index (χ2v) is 3.33. The molecule has 0 aliphatic carbocycles. The zero-order valence-corrected chi connectivity index (χ0v) is 8.73. The highest BCUT2D eigenvalue weighted by molar-refractivity contribution is 5.78. The molecule has 1 amide bonds. The smallest absolute Gasteiger partial charge is 0.240 e. The number of hydrogen-bond acceptors (Lipinski definition) is 3. The number of nitrogens with zero attached hydrogens (tertiary/aromatic N) is 2. The molecule has 1 rings (SSSR count). The Kier molecular flexibility index (Phi) is 3.77. The van der Waals surface area contributed by atoms with Crippen LogP contribution in [0.3, 0.4) is 0 Å². The van der Waals surface area contributed by atoms with Gasteiger partial charge in [0, 0.05) is 14.1 Å². The number of isocyanates is 1. The minimum atomic E-state index is 0.0432. The third-order valence-corrected chi connectivity index (χ3v) is 1.97. The SMILES string of the molecule is CN(C)C(=O)Cc1ccc(N=C=O)cc1. The number of carbonyl (C=O) groups is 1. The summed E-state index contributed by atoms with van der Waals surface area (Å²) in [5.41, 5.74) is 1.45. The van der Waals surface area contributed by atoms with Gasteiger partial charge < -0.3 is 4.90 Å². The van der Waals surface area contributed by atoms with Crippen LogP contribution in [0.5, 0.6) is 0 Å². The van der Waals surface area contributed by atoms with Crippen molar-refractivity contribution in [2.75, 3.05) is 14.1 Å². The zero-order valence-electron chi connectivity index (χ0n) is 8.73. The van der Waals surface area contributed by atoms with E-state index in [-0.39, 0.29) is 5.91 Å². The van der Waals surface area contributed by atoms with Gasteiger partial charge in [-0.15, -0.1) is 0 Å². The van der Waals surface area contributed by atoms with Crippen molar-refractivity contribution in [2.24, 2.45) is 4.99 Å². The van der Waals surface area contributed by atoms with E-state index < -0.39 is 0 Å². The molecule has 15 heavy (non-hydrogen) atoms. The van der Waals surface area contributed by atoms with E-state index in [0.717, 1.165) is 5.56 Å². The van der Waals surface area contributed by atoms with Gasteiger partial charge in [0.05, 0.1) is 12.1 Å². The highest BCUT2D eigenvalue weighted by atomic mass is 16.2. The first-order valence-corrected chi connectivity index (χ1v) is 4.50. The number of amides is 1. The topological polar surface area (TPSA) is 49.7 Å². The third-order valence-electron chi connectivity index (χ3n) is 1.97. The van der Waals surface area contributed by atoms with Crippen molar-refractivity contribution in [1.29, 1.82) is 0 Å². The molecule has 0 aliphatic rings. The average molecular weight is 204 g/mol. The van der Waals surface area contributed by atoms with E-state index >= 15 is 0 Å². The number of aliphatic imine (C=N–C) groups is 1. The maximum absolute atomic E-state index is 11.4. The zero-order chi connectivity index (χ0) is 11.3. The first-order valence-electron chi connectivity index (χ1n) is 4.50. The first-order chi connectivity index (χ1) is 7.13. The Morgan fingerprint density at radius 2 is 1.93 bits per heavy atom. The van der Waals surface area contributed by atoms with Crippen LogP contribution in [0.4, 0.5) is 5.69 Å². The fourth-order valence-corrected chi connectivity index (χ4v) is 1.07. The lowest BCUT2D eigenvalue weighted by Crippen LogP contribution is -2.23. The molecule has 4 heteroatoms. The summed E-state index contributed by atoms with van der Waals surface area (Å²) in [7, 11) is 3.43. The Labute approximate surface area is 88.2 Å². The fourth-order valence-electron chi connectivity index (χ4n) is 1.07. The highest BCUT2D eigenvalue weighted by Gasteiger charge is 2.04. The Morgan fingerprint density at radius 1 is 1.33 bits per heavy atom. The standard InChI is InChI=1S/C11H12N2O2/c1-13(2)11(15)7-9-3-5-10(6-4-9)12-8-14/h3-6H,7H2,1-2H3. The third kappa shape index (κ3) is 3.37. The first kappa shape index (κ1) is 11.1. The molecule has 0 aliphatic heterocycles. The number of benzene rings is 1. The van der Waals surface area contributed by atoms with Crippen LogP contribution >= 0.6 is 0 Å². The van der Waals surface area contributed by atoms with E-state index in [2.05, 4.69) is 4.99 Å². The van der Waals surface area contributed by atoms with Gasteiger partial charge in [-0.2, -0.15) is 4.99 Å². The van der Waals surface area contributed by atoms with E-state index in [4.69, 9.17) is 0 Å². The fraction of sp³-hybridized carbons (Fsp3) is 0.273. The van der Waals surface area contributed by atoms with E-state index in [1.807, 2.05) is 0 Å². The molecule has 0 atom stereocenters. The van der Waals surface area contributed by atoms with Crippen molar-refractivity contribution in [2.45, 2.75) is 6.42 Å². The second kappa shape index (κ2) is 5.08. The van der Waals surface area contributed by atoms with Crippen molar-refractivity contribution in [3.63, 3.8) is 0 Å². The van der Waals surface area contributed by atoms with Gasteiger partial charge in [0.15, 0.2) is 0 Å². The van der Waals surface area contributed by atoms with Crippen LogP contribution < -0.4 is 0 Å². The lowest BCUT2D eigenvalue weighted by atomic mass is 10.1. The summed E-state index contributed by atoms with van der Waals surface area (Å²) in [5.74, 6) is 0.0432. The van der Waals surface area contributed by atoms with Gasteiger partial charge in [0.25, 0.3) is 0 Å². The van der Waals surface area contributed by atoms with Gasteiger partial charge in [-0.25, -0.2) is 4.79 Å². The molecule has 4 nitrogen and oxygen atoms in total. The molecule has 0 N–H and O–H groups in total. The van der Waals surface area contributed by atoms with E-state index in [1.165, 1.54) is 11.0 Å². The quantitative estimate of drug-likeness (QED) is 0.550. The molecule has 78 valence electrons. The second-order valence-electron chi connectivity index (χ2n) is 3.33. The molecule has 0 aromatic heterocycles. The lowest BCUT2D eigenvalue weighted by Gasteiger charge is -2.09. The Hall–Kier alpha value is -1.93. The summed E-state index contributed by atoms with van der Waals surface area (Å²) in [6, 6.07) is 6.92. The van der Waals surface area contributed by atoms with Gasteiger partial charge in [-0.1, -0.05) is 12.1 Å². The van der Waals surface area contributed by atoms with Gasteiger partial charge in [-0.3, -0.25) is 4.79 Å². The number of carbonyl (C=O) groups excluding carboxylic acids is 2. The summed E-state index contributed by atoms with van der Waals surface area (Å²) in [6.07, 6.45) is 1.82. The van der Waals surface area contributed by atoms with Crippen LogP contribution in [0.25, 0.3) is 0 Å². The maximum Gasteiger partial charge on any atom is 0.240 e.